The first kappa shape index (κ1) is 14.1. The van der Waals surface area contributed by atoms with Crippen LogP contribution in [0.15, 0.2) is 41.8 Å². The SMILES string of the molecule is CCc1ccc([C@@H](NC(=O)CCl)c2cccs2)cc1. The van der Waals surface area contributed by atoms with Crippen molar-refractivity contribution in [3.05, 3.63) is 57.8 Å². The highest BCUT2D eigenvalue weighted by Gasteiger charge is 2.17. The van der Waals surface area contributed by atoms with Crippen LogP contribution in [0.5, 0.6) is 0 Å². The Balaban J connectivity index is 2.28. The molecule has 0 aliphatic carbocycles. The normalized spacial score (nSPS) is 12.1. The molecule has 0 spiro atoms. The molecule has 0 aliphatic heterocycles. The Morgan fingerprint density at radius 1 is 1.32 bits per heavy atom. The van der Waals surface area contributed by atoms with E-state index < -0.39 is 0 Å². The average molecular weight is 294 g/mol. The number of amides is 1. The first-order chi connectivity index (χ1) is 9.24. The quantitative estimate of drug-likeness (QED) is 0.836. The van der Waals surface area contributed by atoms with E-state index in [1.54, 1.807) is 11.3 Å². The van der Waals surface area contributed by atoms with Gasteiger partial charge < -0.3 is 5.32 Å². The Morgan fingerprint density at radius 3 is 2.58 bits per heavy atom. The van der Waals surface area contributed by atoms with Crippen LogP contribution in [-0.2, 0) is 11.2 Å². The number of thiophene rings is 1. The van der Waals surface area contributed by atoms with E-state index in [2.05, 4.69) is 36.5 Å². The average Bonchev–Trinajstić information content (AvgIpc) is 2.98. The van der Waals surface area contributed by atoms with Gasteiger partial charge in [-0.2, -0.15) is 0 Å². The molecule has 1 atom stereocenters. The molecule has 1 aromatic carbocycles. The van der Waals surface area contributed by atoms with Crippen LogP contribution in [0.4, 0.5) is 0 Å². The number of halogens is 1. The largest absolute Gasteiger partial charge is 0.343 e. The van der Waals surface area contributed by atoms with E-state index in [-0.39, 0.29) is 17.8 Å². The lowest BCUT2D eigenvalue weighted by Crippen LogP contribution is -2.29. The van der Waals surface area contributed by atoms with Crippen LogP contribution < -0.4 is 5.32 Å². The Morgan fingerprint density at radius 2 is 2.05 bits per heavy atom. The van der Waals surface area contributed by atoms with Crippen molar-refractivity contribution in [3.63, 3.8) is 0 Å². The number of hydrogen-bond acceptors (Lipinski definition) is 2. The van der Waals surface area contributed by atoms with Crippen molar-refractivity contribution in [2.75, 3.05) is 5.88 Å². The maximum absolute atomic E-state index is 11.6. The molecule has 0 radical (unpaired) electrons. The van der Waals surface area contributed by atoms with E-state index in [1.165, 1.54) is 5.56 Å². The van der Waals surface area contributed by atoms with Gasteiger partial charge in [-0.15, -0.1) is 22.9 Å². The van der Waals surface area contributed by atoms with Gasteiger partial charge in [-0.25, -0.2) is 0 Å². The van der Waals surface area contributed by atoms with E-state index in [1.807, 2.05) is 17.5 Å². The van der Waals surface area contributed by atoms with Crippen LogP contribution in [0, 0.1) is 0 Å². The summed E-state index contributed by atoms with van der Waals surface area (Å²) in [4.78, 5) is 12.7. The molecule has 0 aliphatic rings. The molecule has 2 nitrogen and oxygen atoms in total. The Hall–Kier alpha value is -1.32. The smallest absolute Gasteiger partial charge is 0.235 e. The molecule has 2 aromatic rings. The highest BCUT2D eigenvalue weighted by Crippen LogP contribution is 2.26. The summed E-state index contributed by atoms with van der Waals surface area (Å²) < 4.78 is 0. The molecule has 0 saturated heterocycles. The minimum atomic E-state index is -0.153. The van der Waals surface area contributed by atoms with Gasteiger partial charge in [-0.05, 0) is 29.0 Å². The monoisotopic (exact) mass is 293 g/mol. The van der Waals surface area contributed by atoms with Crippen LogP contribution in [0.2, 0.25) is 0 Å². The Kier molecular flexibility index (Phi) is 5.00. The highest BCUT2D eigenvalue weighted by atomic mass is 35.5. The molecular weight excluding hydrogens is 278 g/mol. The number of rotatable bonds is 5. The summed E-state index contributed by atoms with van der Waals surface area (Å²) in [5.74, 6) is -0.172. The van der Waals surface area contributed by atoms with Crippen molar-refractivity contribution in [2.24, 2.45) is 0 Å². The standard InChI is InChI=1S/C15H16ClNOS/c1-2-11-5-7-12(8-6-11)15(17-14(18)10-16)13-4-3-9-19-13/h3-9,15H,2,10H2,1H3,(H,17,18)/t15-/m1/s1. The lowest BCUT2D eigenvalue weighted by atomic mass is 10.0. The van der Waals surface area contributed by atoms with Crippen molar-refractivity contribution in [1.29, 1.82) is 0 Å². The molecule has 0 bridgehead atoms. The van der Waals surface area contributed by atoms with Gasteiger partial charge in [0.2, 0.25) is 5.91 Å². The molecule has 1 amide bonds. The second-order valence-electron chi connectivity index (χ2n) is 4.24. The summed E-state index contributed by atoms with van der Waals surface area (Å²) in [7, 11) is 0. The number of aryl methyl sites for hydroxylation is 1. The van der Waals surface area contributed by atoms with Crippen molar-refractivity contribution in [3.8, 4) is 0 Å². The van der Waals surface area contributed by atoms with Crippen molar-refractivity contribution >= 4 is 28.8 Å². The van der Waals surface area contributed by atoms with E-state index in [0.717, 1.165) is 16.9 Å². The number of hydrogen-bond donors (Lipinski definition) is 1. The fourth-order valence-corrected chi connectivity index (χ4v) is 2.80. The maximum atomic E-state index is 11.6. The van der Waals surface area contributed by atoms with E-state index in [9.17, 15) is 4.79 Å². The molecule has 100 valence electrons. The summed E-state index contributed by atoms with van der Waals surface area (Å²) in [5.41, 5.74) is 2.37. The van der Waals surface area contributed by atoms with Crippen molar-refractivity contribution < 1.29 is 4.79 Å². The Bertz CT molecular complexity index is 522. The molecule has 2 rings (SSSR count). The summed E-state index contributed by atoms with van der Waals surface area (Å²) in [6.45, 7) is 2.13. The lowest BCUT2D eigenvalue weighted by molar-refractivity contribution is -0.119. The second-order valence-corrected chi connectivity index (χ2v) is 5.49. The van der Waals surface area contributed by atoms with Gasteiger partial charge in [0, 0.05) is 4.88 Å². The lowest BCUT2D eigenvalue weighted by Gasteiger charge is -2.17. The van der Waals surface area contributed by atoms with Gasteiger partial charge in [-0.3, -0.25) is 4.79 Å². The van der Waals surface area contributed by atoms with E-state index >= 15 is 0 Å². The van der Waals surface area contributed by atoms with Gasteiger partial charge >= 0.3 is 0 Å². The van der Waals surface area contributed by atoms with E-state index in [4.69, 9.17) is 11.6 Å². The topological polar surface area (TPSA) is 29.1 Å². The molecule has 0 unspecified atom stereocenters. The summed E-state index contributed by atoms with van der Waals surface area (Å²) in [6, 6.07) is 12.2. The number of carbonyl (C=O) groups is 1. The van der Waals surface area contributed by atoms with Crippen LogP contribution >= 0.6 is 22.9 Å². The number of nitrogens with one attached hydrogen (secondary N) is 1. The van der Waals surface area contributed by atoms with Crippen molar-refractivity contribution in [2.45, 2.75) is 19.4 Å². The molecule has 4 heteroatoms. The van der Waals surface area contributed by atoms with Gasteiger partial charge in [0.15, 0.2) is 0 Å². The molecule has 1 N–H and O–H groups in total. The summed E-state index contributed by atoms with van der Waals surface area (Å²) in [6.07, 6.45) is 1.01. The van der Waals surface area contributed by atoms with Crippen LogP contribution in [0.3, 0.4) is 0 Å². The van der Waals surface area contributed by atoms with E-state index in [0.29, 0.717) is 0 Å². The van der Waals surface area contributed by atoms with Gasteiger partial charge in [0.1, 0.15) is 5.88 Å². The molecule has 1 heterocycles. The van der Waals surface area contributed by atoms with Crippen LogP contribution in [0.1, 0.15) is 29.0 Å². The third-order valence-corrected chi connectivity index (χ3v) is 4.16. The number of carbonyl (C=O) groups excluding carboxylic acids is 1. The first-order valence-electron chi connectivity index (χ1n) is 6.22. The molecular formula is C15H16ClNOS. The van der Waals surface area contributed by atoms with Gasteiger partial charge in [-0.1, -0.05) is 37.3 Å². The Labute approximate surface area is 122 Å². The zero-order valence-electron chi connectivity index (χ0n) is 10.7. The molecule has 19 heavy (non-hydrogen) atoms. The highest BCUT2D eigenvalue weighted by molar-refractivity contribution is 7.10. The van der Waals surface area contributed by atoms with Crippen LogP contribution in [0.25, 0.3) is 0 Å². The minimum absolute atomic E-state index is 0.0189. The fraction of sp³-hybridized carbons (Fsp3) is 0.267. The zero-order valence-corrected chi connectivity index (χ0v) is 12.3. The minimum Gasteiger partial charge on any atom is -0.343 e. The first-order valence-corrected chi connectivity index (χ1v) is 7.63. The molecule has 0 fully saturated rings. The van der Waals surface area contributed by atoms with Crippen LogP contribution in [-0.4, -0.2) is 11.8 Å². The van der Waals surface area contributed by atoms with Crippen molar-refractivity contribution in [1.82, 2.24) is 5.32 Å². The fourth-order valence-electron chi connectivity index (χ4n) is 1.92. The molecule has 0 saturated carbocycles. The summed E-state index contributed by atoms with van der Waals surface area (Å²) >= 11 is 7.21. The predicted molar refractivity (Wildman–Crippen MR) is 80.8 cm³/mol. The predicted octanol–water partition coefficient (Wildman–Crippen LogP) is 3.75. The maximum Gasteiger partial charge on any atom is 0.235 e. The number of benzene rings is 1. The molecule has 1 aromatic heterocycles. The summed E-state index contributed by atoms with van der Waals surface area (Å²) in [5, 5.41) is 4.97. The zero-order chi connectivity index (χ0) is 13.7. The number of alkyl halides is 1. The third-order valence-electron chi connectivity index (χ3n) is 2.98. The third kappa shape index (κ3) is 3.58. The van der Waals surface area contributed by atoms with Gasteiger partial charge in [0.25, 0.3) is 0 Å². The second kappa shape index (κ2) is 6.73. The van der Waals surface area contributed by atoms with Gasteiger partial charge in [0.05, 0.1) is 6.04 Å².